The van der Waals surface area contributed by atoms with E-state index in [1.54, 1.807) is 0 Å². The summed E-state index contributed by atoms with van der Waals surface area (Å²) in [6, 6.07) is 0. The number of aliphatic carboxylic acids is 1. The molecule has 1 fully saturated rings. The van der Waals surface area contributed by atoms with E-state index in [2.05, 4.69) is 19.1 Å². The van der Waals surface area contributed by atoms with Crippen molar-refractivity contribution in [2.45, 2.75) is 58.3 Å². The average Bonchev–Trinajstić information content (AvgIpc) is 2.45. The van der Waals surface area contributed by atoms with Crippen LogP contribution in [0.4, 0.5) is 0 Å². The van der Waals surface area contributed by atoms with Crippen molar-refractivity contribution in [3.8, 4) is 0 Å². The van der Waals surface area contributed by atoms with Gasteiger partial charge in [0, 0.05) is 12.8 Å². The molecule has 3 aliphatic carbocycles. The molecular weight excluding hydrogens is 264 g/mol. The summed E-state index contributed by atoms with van der Waals surface area (Å²) in [5.41, 5.74) is 2.55. The Bertz CT molecular complexity index is 529. The van der Waals surface area contributed by atoms with E-state index in [-0.39, 0.29) is 12.2 Å². The molecule has 0 aromatic rings. The monoisotopic (exact) mass is 288 g/mol. The van der Waals surface area contributed by atoms with Gasteiger partial charge >= 0.3 is 5.97 Å². The quantitative estimate of drug-likeness (QED) is 0.801. The van der Waals surface area contributed by atoms with Gasteiger partial charge in [-0.05, 0) is 61.3 Å². The van der Waals surface area contributed by atoms with Crippen LogP contribution < -0.4 is 0 Å². The van der Waals surface area contributed by atoms with Gasteiger partial charge in [-0.25, -0.2) is 0 Å². The highest BCUT2D eigenvalue weighted by Gasteiger charge is 2.46. The van der Waals surface area contributed by atoms with E-state index in [0.717, 1.165) is 37.7 Å². The summed E-state index contributed by atoms with van der Waals surface area (Å²) >= 11 is 0. The number of ketones is 1. The fraction of sp³-hybridized carbons (Fsp3) is 0.667. The van der Waals surface area contributed by atoms with Crippen LogP contribution in [0.5, 0.6) is 0 Å². The molecule has 0 heterocycles. The number of rotatable bonds is 3. The third kappa shape index (κ3) is 2.58. The van der Waals surface area contributed by atoms with Crippen LogP contribution in [0.25, 0.3) is 0 Å². The van der Waals surface area contributed by atoms with Crippen LogP contribution in [0.2, 0.25) is 0 Å². The third-order valence-electron chi connectivity index (χ3n) is 5.93. The van der Waals surface area contributed by atoms with Crippen molar-refractivity contribution in [2.75, 3.05) is 0 Å². The van der Waals surface area contributed by atoms with Crippen LogP contribution in [-0.4, -0.2) is 16.9 Å². The molecule has 3 heteroatoms. The molecule has 0 aromatic heterocycles. The zero-order valence-electron chi connectivity index (χ0n) is 12.7. The van der Waals surface area contributed by atoms with Gasteiger partial charge in [-0.15, -0.1) is 0 Å². The standard InChI is InChI=1S/C18H24O3/c1-18-10-3-2-4-15(18)13-5-7-16(19)14(6-8-17(20)21)12(13)9-11-18/h2-3,13,15H,4-11H2,1H3,(H,20,21). The van der Waals surface area contributed by atoms with Crippen molar-refractivity contribution < 1.29 is 14.7 Å². The molecule has 0 radical (unpaired) electrons. The lowest BCUT2D eigenvalue weighted by atomic mass is 9.54. The number of Topliss-reactive ketones (excluding diaryl/α,β-unsaturated/α-hetero) is 1. The molecule has 0 aliphatic heterocycles. The molecule has 3 unspecified atom stereocenters. The Labute approximate surface area is 126 Å². The molecule has 1 N–H and O–H groups in total. The average molecular weight is 288 g/mol. The molecule has 114 valence electrons. The Hall–Kier alpha value is -1.38. The van der Waals surface area contributed by atoms with Gasteiger partial charge in [0.05, 0.1) is 0 Å². The molecule has 0 aromatic carbocycles. The normalized spacial score (nSPS) is 35.4. The molecule has 0 saturated heterocycles. The van der Waals surface area contributed by atoms with Crippen molar-refractivity contribution in [3.63, 3.8) is 0 Å². The van der Waals surface area contributed by atoms with Crippen molar-refractivity contribution in [3.05, 3.63) is 23.3 Å². The van der Waals surface area contributed by atoms with E-state index >= 15 is 0 Å². The van der Waals surface area contributed by atoms with Gasteiger partial charge in [0.15, 0.2) is 5.78 Å². The Morgan fingerprint density at radius 1 is 1.38 bits per heavy atom. The highest BCUT2D eigenvalue weighted by atomic mass is 16.4. The van der Waals surface area contributed by atoms with Crippen molar-refractivity contribution in [1.29, 1.82) is 0 Å². The number of carboxylic acids is 1. The van der Waals surface area contributed by atoms with Crippen molar-refractivity contribution in [2.24, 2.45) is 17.3 Å². The van der Waals surface area contributed by atoms with Crippen LogP contribution >= 0.6 is 0 Å². The van der Waals surface area contributed by atoms with Crippen LogP contribution in [0.1, 0.15) is 58.3 Å². The largest absolute Gasteiger partial charge is 0.481 e. The number of carboxylic acid groups (broad SMARTS) is 1. The minimum atomic E-state index is -0.806. The predicted molar refractivity (Wildman–Crippen MR) is 80.8 cm³/mol. The lowest BCUT2D eigenvalue weighted by Crippen LogP contribution is -2.41. The van der Waals surface area contributed by atoms with Crippen LogP contribution in [0.3, 0.4) is 0 Å². The van der Waals surface area contributed by atoms with E-state index in [1.165, 1.54) is 5.57 Å². The smallest absolute Gasteiger partial charge is 0.303 e. The Morgan fingerprint density at radius 3 is 2.95 bits per heavy atom. The van der Waals surface area contributed by atoms with E-state index < -0.39 is 5.97 Å². The second kappa shape index (κ2) is 5.43. The SMILES string of the molecule is CC12CC=CCC1C1CCC(=O)C(CCC(=O)O)=C1CC2. The van der Waals surface area contributed by atoms with E-state index in [4.69, 9.17) is 5.11 Å². The van der Waals surface area contributed by atoms with Crippen molar-refractivity contribution >= 4 is 11.8 Å². The highest BCUT2D eigenvalue weighted by Crippen LogP contribution is 2.55. The summed E-state index contributed by atoms with van der Waals surface area (Å²) in [4.78, 5) is 23.1. The number of hydrogen-bond donors (Lipinski definition) is 1. The zero-order chi connectivity index (χ0) is 15.0. The third-order valence-corrected chi connectivity index (χ3v) is 5.93. The van der Waals surface area contributed by atoms with Crippen molar-refractivity contribution in [1.82, 2.24) is 0 Å². The van der Waals surface area contributed by atoms with Gasteiger partial charge in [-0.1, -0.05) is 24.6 Å². The molecule has 21 heavy (non-hydrogen) atoms. The van der Waals surface area contributed by atoms with Gasteiger partial charge in [0.1, 0.15) is 0 Å². The summed E-state index contributed by atoms with van der Waals surface area (Å²) in [6.45, 7) is 2.39. The minimum absolute atomic E-state index is 0.0825. The van der Waals surface area contributed by atoms with Crippen LogP contribution in [0.15, 0.2) is 23.3 Å². The molecule has 0 bridgehead atoms. The summed E-state index contributed by atoms with van der Waals surface area (Å²) in [6.07, 6.45) is 11.1. The second-order valence-corrected chi connectivity index (χ2v) is 7.14. The van der Waals surface area contributed by atoms with Gasteiger partial charge in [0.2, 0.25) is 0 Å². The molecule has 0 spiro atoms. The first-order valence-electron chi connectivity index (χ1n) is 8.13. The van der Waals surface area contributed by atoms with E-state index in [9.17, 15) is 9.59 Å². The van der Waals surface area contributed by atoms with Gasteiger partial charge < -0.3 is 5.11 Å². The summed E-state index contributed by atoms with van der Waals surface area (Å²) in [5, 5.41) is 8.91. The molecular formula is C18H24O3. The summed E-state index contributed by atoms with van der Waals surface area (Å²) < 4.78 is 0. The van der Waals surface area contributed by atoms with E-state index in [1.807, 2.05) is 0 Å². The van der Waals surface area contributed by atoms with Gasteiger partial charge in [-0.3, -0.25) is 9.59 Å². The predicted octanol–water partition coefficient (Wildman–Crippen LogP) is 3.89. The Morgan fingerprint density at radius 2 is 2.19 bits per heavy atom. The summed E-state index contributed by atoms with van der Waals surface area (Å²) in [7, 11) is 0. The fourth-order valence-electron chi connectivity index (χ4n) is 4.72. The molecule has 3 rings (SSSR count). The molecule has 3 aliphatic rings. The maximum absolute atomic E-state index is 12.2. The van der Waals surface area contributed by atoms with Crippen LogP contribution in [0, 0.1) is 17.3 Å². The lowest BCUT2D eigenvalue weighted by molar-refractivity contribution is -0.136. The lowest BCUT2D eigenvalue weighted by Gasteiger charge is -2.50. The zero-order valence-corrected chi connectivity index (χ0v) is 12.7. The number of allylic oxidation sites excluding steroid dienone is 4. The molecule has 3 nitrogen and oxygen atoms in total. The Kier molecular flexibility index (Phi) is 3.76. The molecule has 0 amide bonds. The highest BCUT2D eigenvalue weighted by molar-refractivity contribution is 5.97. The first-order chi connectivity index (χ1) is 10.0. The minimum Gasteiger partial charge on any atom is -0.481 e. The molecule has 1 saturated carbocycles. The number of fused-ring (bicyclic) bond motifs is 3. The number of carbonyl (C=O) groups excluding carboxylic acids is 1. The number of hydrogen-bond acceptors (Lipinski definition) is 2. The fourth-order valence-corrected chi connectivity index (χ4v) is 4.72. The van der Waals surface area contributed by atoms with Gasteiger partial charge in [0.25, 0.3) is 0 Å². The number of carbonyl (C=O) groups is 2. The summed E-state index contributed by atoms with van der Waals surface area (Å²) in [5.74, 6) is 0.547. The maximum atomic E-state index is 12.2. The maximum Gasteiger partial charge on any atom is 0.303 e. The topological polar surface area (TPSA) is 54.4 Å². The van der Waals surface area contributed by atoms with Gasteiger partial charge in [-0.2, -0.15) is 0 Å². The van der Waals surface area contributed by atoms with E-state index in [0.29, 0.717) is 30.1 Å². The molecule has 3 atom stereocenters. The van der Waals surface area contributed by atoms with Crippen LogP contribution in [-0.2, 0) is 9.59 Å². The second-order valence-electron chi connectivity index (χ2n) is 7.14. The Balaban J connectivity index is 1.91. The first-order valence-corrected chi connectivity index (χ1v) is 8.13. The first kappa shape index (κ1) is 14.6.